The Labute approximate surface area is 112 Å². The van der Waals surface area contributed by atoms with E-state index < -0.39 is 5.82 Å². The van der Waals surface area contributed by atoms with Crippen LogP contribution in [0.3, 0.4) is 0 Å². The van der Waals surface area contributed by atoms with E-state index in [1.165, 1.54) is 30.3 Å². The topological polar surface area (TPSA) is 79.4 Å². The van der Waals surface area contributed by atoms with Crippen molar-refractivity contribution in [3.05, 3.63) is 48.3 Å². The molecule has 0 fully saturated rings. The lowest BCUT2D eigenvalue weighted by molar-refractivity contribution is 0.402. The van der Waals surface area contributed by atoms with Gasteiger partial charge in [0.15, 0.2) is 11.5 Å². The molecule has 0 aliphatic heterocycles. The fourth-order valence-corrected chi connectivity index (χ4v) is 1.75. The number of phenols is 2. The van der Waals surface area contributed by atoms with Crippen LogP contribution in [-0.4, -0.2) is 20.4 Å². The highest BCUT2D eigenvalue weighted by molar-refractivity contribution is 5.62. The lowest BCUT2D eigenvalue weighted by Gasteiger charge is -1.98. The lowest BCUT2D eigenvalue weighted by atomic mass is 10.2. The minimum absolute atomic E-state index is 0.116. The molecule has 0 saturated heterocycles. The SMILES string of the molecule is Oc1ccc(-c2nc(-c3ccccc3F)no2)cc1O. The van der Waals surface area contributed by atoms with Crippen LogP contribution in [0.2, 0.25) is 0 Å². The van der Waals surface area contributed by atoms with Crippen molar-refractivity contribution in [1.82, 2.24) is 10.1 Å². The van der Waals surface area contributed by atoms with Gasteiger partial charge in [-0.05, 0) is 30.3 Å². The van der Waals surface area contributed by atoms with Crippen LogP contribution in [0.4, 0.5) is 4.39 Å². The molecule has 6 heteroatoms. The molecule has 0 aliphatic rings. The van der Waals surface area contributed by atoms with Crippen LogP contribution >= 0.6 is 0 Å². The summed E-state index contributed by atoms with van der Waals surface area (Å²) in [6, 6.07) is 10.2. The summed E-state index contributed by atoms with van der Waals surface area (Å²) in [5.41, 5.74) is 0.654. The standard InChI is InChI=1S/C14H9FN2O3/c15-10-4-2-1-3-9(10)13-16-14(20-17-13)8-5-6-11(18)12(19)7-8/h1-7,18-19H. The van der Waals surface area contributed by atoms with Gasteiger partial charge in [0.25, 0.3) is 5.89 Å². The fourth-order valence-electron chi connectivity index (χ4n) is 1.75. The van der Waals surface area contributed by atoms with Gasteiger partial charge in [0.2, 0.25) is 5.82 Å². The van der Waals surface area contributed by atoms with Crippen LogP contribution in [-0.2, 0) is 0 Å². The fraction of sp³-hybridized carbons (Fsp3) is 0. The average Bonchev–Trinajstić information content (AvgIpc) is 2.92. The van der Waals surface area contributed by atoms with Gasteiger partial charge >= 0.3 is 0 Å². The molecular weight excluding hydrogens is 263 g/mol. The third-order valence-corrected chi connectivity index (χ3v) is 2.76. The molecule has 1 aromatic heterocycles. The Morgan fingerprint density at radius 2 is 1.80 bits per heavy atom. The lowest BCUT2D eigenvalue weighted by Crippen LogP contribution is -1.85. The van der Waals surface area contributed by atoms with Crippen LogP contribution in [0, 0.1) is 5.82 Å². The first-order valence-corrected chi connectivity index (χ1v) is 5.76. The Balaban J connectivity index is 2.02. The van der Waals surface area contributed by atoms with Crippen LogP contribution in [0.25, 0.3) is 22.8 Å². The molecule has 0 saturated carbocycles. The van der Waals surface area contributed by atoms with Gasteiger partial charge in [0.1, 0.15) is 5.82 Å². The molecule has 2 N–H and O–H groups in total. The van der Waals surface area contributed by atoms with Gasteiger partial charge < -0.3 is 14.7 Å². The van der Waals surface area contributed by atoms with Crippen molar-refractivity contribution in [3.63, 3.8) is 0 Å². The second-order valence-corrected chi connectivity index (χ2v) is 4.11. The summed E-state index contributed by atoms with van der Waals surface area (Å²) >= 11 is 0. The number of phenolic OH excluding ortho intramolecular Hbond substituents is 2. The van der Waals surface area contributed by atoms with Crippen molar-refractivity contribution in [2.45, 2.75) is 0 Å². The van der Waals surface area contributed by atoms with Crippen molar-refractivity contribution < 1.29 is 19.1 Å². The molecule has 0 atom stereocenters. The highest BCUT2D eigenvalue weighted by atomic mass is 19.1. The number of nitrogens with zero attached hydrogens (tertiary/aromatic N) is 2. The maximum absolute atomic E-state index is 13.6. The van der Waals surface area contributed by atoms with Crippen molar-refractivity contribution in [3.8, 4) is 34.3 Å². The molecule has 1 heterocycles. The van der Waals surface area contributed by atoms with Gasteiger partial charge in [-0.3, -0.25) is 0 Å². The molecule has 2 aromatic carbocycles. The maximum atomic E-state index is 13.6. The molecule has 3 aromatic rings. The average molecular weight is 272 g/mol. The zero-order chi connectivity index (χ0) is 14.1. The predicted molar refractivity (Wildman–Crippen MR) is 68.5 cm³/mol. The third-order valence-electron chi connectivity index (χ3n) is 2.76. The van der Waals surface area contributed by atoms with E-state index in [4.69, 9.17) is 4.52 Å². The van der Waals surface area contributed by atoms with Gasteiger partial charge in [-0.25, -0.2) is 4.39 Å². The number of benzene rings is 2. The number of aromatic hydroxyl groups is 2. The monoisotopic (exact) mass is 272 g/mol. The third kappa shape index (κ3) is 2.07. The normalized spacial score (nSPS) is 10.7. The van der Waals surface area contributed by atoms with E-state index in [2.05, 4.69) is 10.1 Å². The quantitative estimate of drug-likeness (QED) is 0.701. The molecule has 0 spiro atoms. The molecule has 0 aliphatic carbocycles. The summed E-state index contributed by atoms with van der Waals surface area (Å²) in [5, 5.41) is 22.4. The van der Waals surface area contributed by atoms with E-state index in [0.29, 0.717) is 5.56 Å². The zero-order valence-electron chi connectivity index (χ0n) is 10.1. The summed E-state index contributed by atoms with van der Waals surface area (Å²) in [6.07, 6.45) is 0. The maximum Gasteiger partial charge on any atom is 0.258 e. The van der Waals surface area contributed by atoms with Gasteiger partial charge in [-0.15, -0.1) is 0 Å². The molecule has 0 amide bonds. The molecule has 0 unspecified atom stereocenters. The second-order valence-electron chi connectivity index (χ2n) is 4.11. The summed E-state index contributed by atoms with van der Waals surface area (Å²) in [4.78, 5) is 4.07. The molecule has 0 radical (unpaired) electrons. The minimum atomic E-state index is -0.451. The summed E-state index contributed by atoms with van der Waals surface area (Å²) in [6.45, 7) is 0. The Morgan fingerprint density at radius 1 is 1.00 bits per heavy atom. The first kappa shape index (κ1) is 12.2. The Morgan fingerprint density at radius 3 is 2.55 bits per heavy atom. The number of hydrogen-bond acceptors (Lipinski definition) is 5. The van der Waals surface area contributed by atoms with Gasteiger partial charge in [-0.1, -0.05) is 17.3 Å². The molecule has 5 nitrogen and oxygen atoms in total. The van der Waals surface area contributed by atoms with E-state index in [9.17, 15) is 14.6 Å². The van der Waals surface area contributed by atoms with E-state index in [0.717, 1.165) is 0 Å². The Kier molecular flexibility index (Phi) is 2.83. The van der Waals surface area contributed by atoms with Gasteiger partial charge in [0, 0.05) is 5.56 Å². The summed E-state index contributed by atoms with van der Waals surface area (Å²) < 4.78 is 18.6. The number of aromatic nitrogens is 2. The van der Waals surface area contributed by atoms with Crippen LogP contribution in [0.1, 0.15) is 0 Å². The van der Waals surface area contributed by atoms with Crippen LogP contribution in [0.5, 0.6) is 11.5 Å². The largest absolute Gasteiger partial charge is 0.504 e. The van der Waals surface area contributed by atoms with E-state index in [-0.39, 0.29) is 28.8 Å². The first-order chi connectivity index (χ1) is 9.65. The highest BCUT2D eigenvalue weighted by Gasteiger charge is 2.14. The van der Waals surface area contributed by atoms with Gasteiger partial charge in [-0.2, -0.15) is 4.98 Å². The second kappa shape index (κ2) is 4.65. The smallest absolute Gasteiger partial charge is 0.258 e. The molecule has 100 valence electrons. The summed E-state index contributed by atoms with van der Waals surface area (Å²) in [7, 11) is 0. The molecule has 0 bridgehead atoms. The Bertz CT molecular complexity index is 771. The van der Waals surface area contributed by atoms with Crippen molar-refractivity contribution in [2.24, 2.45) is 0 Å². The Hall–Kier alpha value is -2.89. The number of hydrogen-bond donors (Lipinski definition) is 2. The molecular formula is C14H9FN2O3. The van der Waals surface area contributed by atoms with Crippen molar-refractivity contribution in [1.29, 1.82) is 0 Å². The minimum Gasteiger partial charge on any atom is -0.504 e. The van der Waals surface area contributed by atoms with Gasteiger partial charge in [0.05, 0.1) is 5.56 Å². The predicted octanol–water partition coefficient (Wildman–Crippen LogP) is 2.95. The van der Waals surface area contributed by atoms with Crippen LogP contribution in [0.15, 0.2) is 47.0 Å². The zero-order valence-corrected chi connectivity index (χ0v) is 10.1. The number of halogens is 1. The highest BCUT2D eigenvalue weighted by Crippen LogP contribution is 2.30. The first-order valence-electron chi connectivity index (χ1n) is 5.76. The van der Waals surface area contributed by atoms with Crippen molar-refractivity contribution in [2.75, 3.05) is 0 Å². The van der Waals surface area contributed by atoms with Crippen LogP contribution < -0.4 is 0 Å². The summed E-state index contributed by atoms with van der Waals surface area (Å²) in [5.74, 6) is -0.756. The van der Waals surface area contributed by atoms with E-state index in [1.807, 2.05) is 0 Å². The number of rotatable bonds is 2. The molecule has 20 heavy (non-hydrogen) atoms. The van der Waals surface area contributed by atoms with Crippen molar-refractivity contribution >= 4 is 0 Å². The van der Waals surface area contributed by atoms with E-state index in [1.54, 1.807) is 12.1 Å². The molecule has 3 rings (SSSR count). The van der Waals surface area contributed by atoms with E-state index >= 15 is 0 Å².